The number of nitrogens with zero attached hydrogens (tertiary/aromatic N) is 1. The van der Waals surface area contributed by atoms with Crippen LogP contribution in [-0.2, 0) is 9.59 Å². The molecule has 1 aromatic carbocycles. The SMILES string of the molecule is COc1cccc(/C=C2/SC(=S)N(CCCCCC(=O)[O-])C2=O)c1OC. The first-order valence-corrected chi connectivity index (χ1v) is 9.36. The van der Waals surface area contributed by atoms with Gasteiger partial charge in [-0.1, -0.05) is 42.5 Å². The van der Waals surface area contributed by atoms with E-state index in [1.165, 1.54) is 11.8 Å². The van der Waals surface area contributed by atoms with Gasteiger partial charge in [0.05, 0.1) is 19.1 Å². The second-order valence-electron chi connectivity index (χ2n) is 5.60. The Hall–Kier alpha value is -2.06. The molecule has 1 amide bonds. The Kier molecular flexibility index (Phi) is 7.47. The Bertz CT molecular complexity index is 732. The van der Waals surface area contributed by atoms with Gasteiger partial charge in [-0.05, 0) is 31.4 Å². The van der Waals surface area contributed by atoms with Gasteiger partial charge in [0.15, 0.2) is 11.5 Å². The smallest absolute Gasteiger partial charge is 0.266 e. The van der Waals surface area contributed by atoms with Crippen molar-refractivity contribution in [2.75, 3.05) is 20.8 Å². The maximum Gasteiger partial charge on any atom is 0.266 e. The first-order chi connectivity index (χ1) is 12.5. The van der Waals surface area contributed by atoms with Gasteiger partial charge >= 0.3 is 0 Å². The topological polar surface area (TPSA) is 78.9 Å². The summed E-state index contributed by atoms with van der Waals surface area (Å²) in [6, 6.07) is 5.45. The third-order valence-electron chi connectivity index (χ3n) is 3.86. The van der Waals surface area contributed by atoms with Gasteiger partial charge in [0.25, 0.3) is 5.91 Å². The molecule has 1 aromatic rings. The van der Waals surface area contributed by atoms with Crippen molar-refractivity contribution in [2.45, 2.75) is 25.7 Å². The molecule has 1 saturated heterocycles. The number of thioether (sulfide) groups is 1. The summed E-state index contributed by atoms with van der Waals surface area (Å²) in [6.45, 7) is 0.476. The maximum absolute atomic E-state index is 12.6. The minimum absolute atomic E-state index is 0.0356. The Morgan fingerprint density at radius 1 is 1.27 bits per heavy atom. The Morgan fingerprint density at radius 3 is 2.69 bits per heavy atom. The quantitative estimate of drug-likeness (QED) is 0.361. The standard InChI is InChI=1S/C18H21NO5S2/c1-23-13-8-6-7-12(16(13)24-2)11-14-17(22)19(18(25)26-14)10-5-3-4-9-15(20)21/h6-8,11H,3-5,9-10H2,1-2H3,(H,20,21)/p-1/b14-11+. The lowest BCUT2D eigenvalue weighted by Gasteiger charge is -2.14. The van der Waals surface area contributed by atoms with E-state index in [-0.39, 0.29) is 12.3 Å². The number of carbonyl (C=O) groups is 2. The predicted octanol–water partition coefficient (Wildman–Crippen LogP) is 2.22. The molecular formula is C18H20NO5S2-. The molecular weight excluding hydrogens is 374 g/mol. The van der Waals surface area contributed by atoms with Crippen LogP contribution in [0, 0.1) is 0 Å². The Morgan fingerprint density at radius 2 is 2.04 bits per heavy atom. The molecule has 1 aliphatic heterocycles. The van der Waals surface area contributed by atoms with E-state index >= 15 is 0 Å². The van der Waals surface area contributed by atoms with Gasteiger partial charge in [0.2, 0.25) is 0 Å². The van der Waals surface area contributed by atoms with E-state index in [0.29, 0.717) is 46.5 Å². The zero-order chi connectivity index (χ0) is 19.1. The van der Waals surface area contributed by atoms with Crippen molar-refractivity contribution in [3.63, 3.8) is 0 Å². The average Bonchev–Trinajstić information content (AvgIpc) is 2.88. The third-order valence-corrected chi connectivity index (χ3v) is 5.23. The lowest BCUT2D eigenvalue weighted by molar-refractivity contribution is -0.305. The van der Waals surface area contributed by atoms with Crippen molar-refractivity contribution in [1.82, 2.24) is 4.90 Å². The van der Waals surface area contributed by atoms with Gasteiger partial charge < -0.3 is 19.4 Å². The molecule has 0 saturated carbocycles. The lowest BCUT2D eigenvalue weighted by atomic mass is 10.1. The summed E-state index contributed by atoms with van der Waals surface area (Å²) in [4.78, 5) is 25.1. The number of carboxylic acids is 1. The maximum atomic E-state index is 12.6. The first kappa shape index (κ1) is 20.3. The van der Waals surface area contributed by atoms with Crippen LogP contribution in [0.1, 0.15) is 31.2 Å². The number of ether oxygens (including phenoxy) is 2. The van der Waals surface area contributed by atoms with E-state index in [4.69, 9.17) is 21.7 Å². The molecule has 0 aromatic heterocycles. The average molecular weight is 394 g/mol. The van der Waals surface area contributed by atoms with Crippen molar-refractivity contribution >= 4 is 46.3 Å². The molecule has 0 aliphatic carbocycles. The van der Waals surface area contributed by atoms with Crippen molar-refractivity contribution in [1.29, 1.82) is 0 Å². The highest BCUT2D eigenvalue weighted by molar-refractivity contribution is 8.26. The fourth-order valence-electron chi connectivity index (χ4n) is 2.58. The van der Waals surface area contributed by atoms with Gasteiger partial charge in [0, 0.05) is 18.1 Å². The van der Waals surface area contributed by atoms with Gasteiger partial charge in [-0.2, -0.15) is 0 Å². The molecule has 0 unspecified atom stereocenters. The van der Waals surface area contributed by atoms with Crippen LogP contribution in [0.5, 0.6) is 11.5 Å². The van der Waals surface area contributed by atoms with Crippen molar-refractivity contribution < 1.29 is 24.2 Å². The number of thiocarbonyl (C=S) groups is 1. The highest BCUT2D eigenvalue weighted by Crippen LogP contribution is 2.37. The number of amides is 1. The molecule has 0 radical (unpaired) electrons. The summed E-state index contributed by atoms with van der Waals surface area (Å²) in [5.41, 5.74) is 0.737. The summed E-state index contributed by atoms with van der Waals surface area (Å²) < 4.78 is 11.2. The van der Waals surface area contributed by atoms with Gasteiger partial charge in [0.1, 0.15) is 4.32 Å². The molecule has 0 bridgehead atoms. The minimum atomic E-state index is -1.05. The molecule has 8 heteroatoms. The van der Waals surface area contributed by atoms with E-state index < -0.39 is 5.97 Å². The van der Waals surface area contributed by atoms with Crippen LogP contribution in [0.4, 0.5) is 0 Å². The Balaban J connectivity index is 2.06. The summed E-state index contributed by atoms with van der Waals surface area (Å²) in [5, 5.41) is 10.4. The molecule has 0 spiro atoms. The number of unbranched alkanes of at least 4 members (excludes halogenated alkanes) is 2. The monoisotopic (exact) mass is 394 g/mol. The number of aliphatic carboxylic acids is 1. The van der Waals surface area contributed by atoms with Gasteiger partial charge in [-0.15, -0.1) is 0 Å². The molecule has 2 rings (SSSR count). The van der Waals surface area contributed by atoms with E-state index in [2.05, 4.69) is 0 Å². The number of rotatable bonds is 9. The largest absolute Gasteiger partial charge is 0.550 e. The molecule has 1 fully saturated rings. The van der Waals surface area contributed by atoms with Gasteiger partial charge in [-0.25, -0.2) is 0 Å². The van der Waals surface area contributed by atoms with Crippen LogP contribution in [0.15, 0.2) is 23.1 Å². The van der Waals surface area contributed by atoms with Crippen LogP contribution < -0.4 is 14.6 Å². The highest BCUT2D eigenvalue weighted by Gasteiger charge is 2.31. The number of hydrogen-bond donors (Lipinski definition) is 0. The zero-order valence-corrected chi connectivity index (χ0v) is 16.3. The summed E-state index contributed by atoms with van der Waals surface area (Å²) in [5.74, 6) is -0.0530. The van der Waals surface area contributed by atoms with E-state index in [1.54, 1.807) is 31.3 Å². The number of carboxylic acid groups (broad SMARTS) is 1. The molecule has 0 N–H and O–H groups in total. The number of methoxy groups -OCH3 is 2. The Labute approximate surface area is 162 Å². The lowest BCUT2D eigenvalue weighted by Crippen LogP contribution is -2.29. The number of benzene rings is 1. The summed E-state index contributed by atoms with van der Waals surface area (Å²) >= 11 is 6.55. The molecule has 26 heavy (non-hydrogen) atoms. The summed E-state index contributed by atoms with van der Waals surface area (Å²) in [7, 11) is 3.11. The minimum Gasteiger partial charge on any atom is -0.550 e. The van der Waals surface area contributed by atoms with Crippen LogP contribution in [0.3, 0.4) is 0 Å². The molecule has 0 atom stereocenters. The fourth-order valence-corrected chi connectivity index (χ4v) is 3.88. The highest BCUT2D eigenvalue weighted by atomic mass is 32.2. The van der Waals surface area contributed by atoms with Crippen molar-refractivity contribution in [3.05, 3.63) is 28.7 Å². The molecule has 6 nitrogen and oxygen atoms in total. The van der Waals surface area contributed by atoms with Crippen LogP contribution in [0.2, 0.25) is 0 Å². The molecule has 1 heterocycles. The van der Waals surface area contributed by atoms with Crippen LogP contribution >= 0.6 is 24.0 Å². The van der Waals surface area contributed by atoms with Crippen molar-refractivity contribution in [3.8, 4) is 11.5 Å². The predicted molar refractivity (Wildman–Crippen MR) is 103 cm³/mol. The van der Waals surface area contributed by atoms with Crippen LogP contribution in [0.25, 0.3) is 6.08 Å². The summed E-state index contributed by atoms with van der Waals surface area (Å²) in [6.07, 6.45) is 3.71. The normalized spacial score (nSPS) is 15.6. The first-order valence-electron chi connectivity index (χ1n) is 8.14. The number of para-hydroxylation sites is 1. The zero-order valence-electron chi connectivity index (χ0n) is 14.6. The van der Waals surface area contributed by atoms with Gasteiger partial charge in [-0.3, -0.25) is 9.69 Å². The second kappa shape index (κ2) is 9.59. The van der Waals surface area contributed by atoms with E-state index in [1.807, 2.05) is 12.1 Å². The second-order valence-corrected chi connectivity index (χ2v) is 7.27. The van der Waals surface area contributed by atoms with E-state index in [0.717, 1.165) is 5.56 Å². The molecule has 1 aliphatic rings. The van der Waals surface area contributed by atoms with Crippen molar-refractivity contribution in [2.24, 2.45) is 0 Å². The third kappa shape index (κ3) is 4.98. The number of hydrogen-bond acceptors (Lipinski definition) is 7. The fraction of sp³-hybridized carbons (Fsp3) is 0.389. The molecule has 140 valence electrons. The van der Waals surface area contributed by atoms with Crippen LogP contribution in [-0.4, -0.2) is 41.9 Å². The number of carbonyl (C=O) groups excluding carboxylic acids is 2. The van der Waals surface area contributed by atoms with E-state index in [9.17, 15) is 14.7 Å².